The number of anilines is 1. The van der Waals surface area contributed by atoms with Crippen LogP contribution in [0.2, 0.25) is 0 Å². The van der Waals surface area contributed by atoms with Gasteiger partial charge in [0.1, 0.15) is 5.75 Å². The fourth-order valence-corrected chi connectivity index (χ4v) is 2.82. The number of nitrogens with zero attached hydrogens (tertiary/aromatic N) is 2. The van der Waals surface area contributed by atoms with Crippen molar-refractivity contribution < 1.29 is 22.7 Å². The van der Waals surface area contributed by atoms with E-state index in [2.05, 4.69) is 15.0 Å². The molecule has 130 valence electrons. The molecule has 9 heteroatoms. The quantitative estimate of drug-likeness (QED) is 0.702. The van der Waals surface area contributed by atoms with Gasteiger partial charge in [0.25, 0.3) is 5.91 Å². The lowest BCUT2D eigenvalue weighted by molar-refractivity contribution is -0.274. The molecular weight excluding hydrogens is 355 g/mol. The first-order valence-electron chi connectivity index (χ1n) is 7.05. The zero-order valence-electron chi connectivity index (χ0n) is 12.9. The normalized spacial score (nSPS) is 11.5. The second-order valence-corrected chi connectivity index (χ2v) is 5.71. The summed E-state index contributed by atoms with van der Waals surface area (Å²) < 4.78 is 42.5. The first-order chi connectivity index (χ1) is 11.9. The van der Waals surface area contributed by atoms with Crippen molar-refractivity contribution in [3.63, 3.8) is 0 Å². The number of rotatable bonds is 4. The number of aromatic nitrogens is 2. The molecule has 2 aromatic heterocycles. The molecule has 1 amide bonds. The summed E-state index contributed by atoms with van der Waals surface area (Å²) in [6, 6.07) is 10.4. The van der Waals surface area contributed by atoms with Crippen LogP contribution in [-0.4, -0.2) is 27.9 Å². The zero-order valence-corrected chi connectivity index (χ0v) is 13.7. The lowest BCUT2D eigenvalue weighted by Crippen LogP contribution is -2.17. The smallest absolute Gasteiger partial charge is 0.406 e. The highest BCUT2D eigenvalue weighted by Gasteiger charge is 2.31. The van der Waals surface area contributed by atoms with Crippen LogP contribution in [0.25, 0.3) is 5.52 Å². The van der Waals surface area contributed by atoms with E-state index in [1.54, 1.807) is 22.7 Å². The third-order valence-electron chi connectivity index (χ3n) is 3.24. The van der Waals surface area contributed by atoms with E-state index in [1.165, 1.54) is 23.9 Å². The molecule has 0 saturated carbocycles. The maximum Gasteiger partial charge on any atom is 0.573 e. The van der Waals surface area contributed by atoms with E-state index in [4.69, 9.17) is 0 Å². The number of imidazole rings is 1. The van der Waals surface area contributed by atoms with Gasteiger partial charge in [0, 0.05) is 18.0 Å². The molecule has 0 unspecified atom stereocenters. The number of thioether (sulfide) groups is 1. The third kappa shape index (κ3) is 3.87. The highest BCUT2D eigenvalue weighted by molar-refractivity contribution is 7.98. The Hall–Kier alpha value is -2.68. The molecule has 0 spiro atoms. The number of hydrogen-bond acceptors (Lipinski definition) is 4. The monoisotopic (exact) mass is 367 g/mol. The Morgan fingerprint density at radius 3 is 2.76 bits per heavy atom. The largest absolute Gasteiger partial charge is 0.573 e. The molecule has 2 heterocycles. The van der Waals surface area contributed by atoms with E-state index in [0.29, 0.717) is 10.7 Å². The summed E-state index contributed by atoms with van der Waals surface area (Å²) in [5, 5.41) is 3.18. The molecule has 5 nitrogen and oxygen atoms in total. The Balaban J connectivity index is 1.87. The van der Waals surface area contributed by atoms with Crippen LogP contribution in [0.5, 0.6) is 5.75 Å². The van der Waals surface area contributed by atoms with Crippen molar-refractivity contribution in [1.29, 1.82) is 0 Å². The van der Waals surface area contributed by atoms with Gasteiger partial charge in [-0.1, -0.05) is 23.9 Å². The van der Waals surface area contributed by atoms with Gasteiger partial charge in [0.2, 0.25) is 0 Å². The molecule has 3 aromatic rings. The predicted octanol–water partition coefficient (Wildman–Crippen LogP) is 4.21. The minimum absolute atomic E-state index is 0.175. The number of hydrogen-bond donors (Lipinski definition) is 1. The van der Waals surface area contributed by atoms with Crippen molar-refractivity contribution in [3.05, 3.63) is 54.4 Å². The minimum Gasteiger partial charge on any atom is -0.406 e. The number of pyridine rings is 1. The number of halogens is 3. The van der Waals surface area contributed by atoms with Crippen LogP contribution in [-0.2, 0) is 0 Å². The van der Waals surface area contributed by atoms with E-state index >= 15 is 0 Å². The van der Waals surface area contributed by atoms with Crippen molar-refractivity contribution in [2.75, 3.05) is 11.6 Å². The number of fused-ring (bicyclic) bond motifs is 1. The van der Waals surface area contributed by atoms with Gasteiger partial charge >= 0.3 is 6.36 Å². The van der Waals surface area contributed by atoms with Crippen molar-refractivity contribution in [2.24, 2.45) is 0 Å². The number of ether oxygens (including phenoxy) is 1. The maximum atomic E-state index is 12.5. The molecule has 25 heavy (non-hydrogen) atoms. The SMILES string of the molecule is CSc1nc(C(=O)Nc2cccc(OC(F)(F)F)c2)c2ccccn12. The van der Waals surface area contributed by atoms with Crippen molar-refractivity contribution in [3.8, 4) is 5.75 Å². The molecule has 0 fully saturated rings. The number of benzene rings is 1. The fraction of sp³-hybridized carbons (Fsp3) is 0.125. The minimum atomic E-state index is -4.80. The highest BCUT2D eigenvalue weighted by atomic mass is 32.2. The van der Waals surface area contributed by atoms with E-state index < -0.39 is 18.0 Å². The molecule has 0 aliphatic rings. The number of carbonyl (C=O) groups is 1. The van der Waals surface area contributed by atoms with Crippen LogP contribution in [0.4, 0.5) is 18.9 Å². The van der Waals surface area contributed by atoms with Gasteiger partial charge in [-0.3, -0.25) is 9.20 Å². The van der Waals surface area contributed by atoms with Crippen molar-refractivity contribution in [2.45, 2.75) is 11.5 Å². The van der Waals surface area contributed by atoms with Crippen LogP contribution in [0.1, 0.15) is 10.5 Å². The summed E-state index contributed by atoms with van der Waals surface area (Å²) >= 11 is 1.38. The number of alkyl halides is 3. The average Bonchev–Trinajstić information content (AvgIpc) is 2.92. The van der Waals surface area contributed by atoms with Crippen LogP contribution >= 0.6 is 11.8 Å². The molecule has 0 aliphatic carbocycles. The van der Waals surface area contributed by atoms with Crippen LogP contribution in [0.15, 0.2) is 53.8 Å². The molecule has 0 saturated heterocycles. The van der Waals surface area contributed by atoms with E-state index in [1.807, 2.05) is 12.3 Å². The van der Waals surface area contributed by atoms with Gasteiger partial charge in [0.05, 0.1) is 5.52 Å². The maximum absolute atomic E-state index is 12.5. The fourth-order valence-electron chi connectivity index (χ4n) is 2.28. The van der Waals surface area contributed by atoms with Gasteiger partial charge in [0.15, 0.2) is 10.9 Å². The molecule has 0 radical (unpaired) electrons. The summed E-state index contributed by atoms with van der Waals surface area (Å²) in [4.78, 5) is 16.8. The summed E-state index contributed by atoms with van der Waals surface area (Å²) in [6.07, 6.45) is -1.18. The molecule has 3 rings (SSSR count). The lowest BCUT2D eigenvalue weighted by atomic mass is 10.2. The van der Waals surface area contributed by atoms with Crippen LogP contribution in [0, 0.1) is 0 Å². The molecule has 1 aromatic carbocycles. The number of nitrogens with one attached hydrogen (secondary N) is 1. The molecule has 0 atom stereocenters. The van der Waals surface area contributed by atoms with Crippen molar-refractivity contribution in [1.82, 2.24) is 9.38 Å². The Morgan fingerprint density at radius 2 is 2.04 bits per heavy atom. The van der Waals surface area contributed by atoms with Gasteiger partial charge in [-0.2, -0.15) is 0 Å². The highest BCUT2D eigenvalue weighted by Crippen LogP contribution is 2.26. The average molecular weight is 367 g/mol. The number of carbonyl (C=O) groups excluding carboxylic acids is 1. The Kier molecular flexibility index (Phi) is 4.58. The molecule has 0 aliphatic heterocycles. The van der Waals surface area contributed by atoms with Gasteiger partial charge in [-0.05, 0) is 30.5 Å². The molecule has 0 bridgehead atoms. The molecule has 1 N–H and O–H groups in total. The Labute approximate surface area is 144 Å². The van der Waals surface area contributed by atoms with E-state index in [-0.39, 0.29) is 11.4 Å². The van der Waals surface area contributed by atoms with Gasteiger partial charge in [-0.25, -0.2) is 4.98 Å². The second-order valence-electron chi connectivity index (χ2n) is 4.93. The van der Waals surface area contributed by atoms with Crippen LogP contribution < -0.4 is 10.1 Å². The Morgan fingerprint density at radius 1 is 1.24 bits per heavy atom. The summed E-state index contributed by atoms with van der Waals surface area (Å²) in [5.41, 5.74) is 0.966. The second kappa shape index (κ2) is 6.67. The Bertz CT molecular complexity index is 924. The summed E-state index contributed by atoms with van der Waals surface area (Å²) in [5.74, 6) is -0.932. The number of amides is 1. The molecular formula is C16H12F3N3O2S. The first-order valence-corrected chi connectivity index (χ1v) is 8.28. The summed E-state index contributed by atoms with van der Waals surface area (Å²) in [6.45, 7) is 0. The topological polar surface area (TPSA) is 55.6 Å². The van der Waals surface area contributed by atoms with Crippen LogP contribution in [0.3, 0.4) is 0 Å². The van der Waals surface area contributed by atoms with Gasteiger partial charge in [-0.15, -0.1) is 13.2 Å². The van der Waals surface area contributed by atoms with Gasteiger partial charge < -0.3 is 10.1 Å². The van der Waals surface area contributed by atoms with E-state index in [9.17, 15) is 18.0 Å². The first kappa shape index (κ1) is 17.2. The summed E-state index contributed by atoms with van der Waals surface area (Å²) in [7, 11) is 0. The lowest BCUT2D eigenvalue weighted by Gasteiger charge is -2.10. The van der Waals surface area contributed by atoms with E-state index in [0.717, 1.165) is 12.1 Å². The predicted molar refractivity (Wildman–Crippen MR) is 88.1 cm³/mol. The van der Waals surface area contributed by atoms with Crippen molar-refractivity contribution >= 4 is 28.9 Å². The standard InChI is InChI=1S/C16H12F3N3O2S/c1-25-15-21-13(12-7-2-3-8-22(12)15)14(23)20-10-5-4-6-11(9-10)24-16(17,18)19/h2-9H,1H3,(H,20,23). The third-order valence-corrected chi connectivity index (χ3v) is 3.89. The zero-order chi connectivity index (χ0) is 18.0.